The number of hydrogen-bond donors (Lipinski definition) is 2. The molecule has 8 bridgehead atoms. The first-order valence-corrected chi connectivity index (χ1v) is 14.5. The molecule has 0 spiro atoms. The van der Waals surface area contributed by atoms with Crippen LogP contribution in [-0.2, 0) is 42.9 Å². The van der Waals surface area contributed by atoms with Gasteiger partial charge in [0.05, 0.1) is 22.8 Å². The Morgan fingerprint density at radius 3 is 1.63 bits per heavy atom. The molecule has 0 fully saturated rings. The van der Waals surface area contributed by atoms with Crippen LogP contribution < -0.4 is 9.97 Å². The van der Waals surface area contributed by atoms with Crippen molar-refractivity contribution in [2.24, 2.45) is 0 Å². The van der Waals surface area contributed by atoms with Crippen LogP contribution in [-0.4, -0.2) is 32.1 Å². The van der Waals surface area contributed by atoms with Crippen molar-refractivity contribution in [1.82, 2.24) is 19.9 Å². The van der Waals surface area contributed by atoms with Gasteiger partial charge in [0.1, 0.15) is 0 Å². The number of carbonyl (C=O) groups is 2. The molecule has 0 amide bonds. The number of carboxylic acid groups (broad SMARTS) is 2. The van der Waals surface area contributed by atoms with Gasteiger partial charge in [0, 0.05) is 12.8 Å². The minimum absolute atomic E-state index is 0. The summed E-state index contributed by atoms with van der Waals surface area (Å²) in [4.78, 5) is 43.1. The van der Waals surface area contributed by atoms with E-state index in [9.17, 15) is 19.8 Å². The van der Waals surface area contributed by atoms with Gasteiger partial charge in [-0.2, -0.15) is 0 Å². The molecule has 0 aromatic carbocycles. The first kappa shape index (κ1) is 32.1. The molecule has 0 saturated heterocycles. The van der Waals surface area contributed by atoms with Crippen LogP contribution >= 0.6 is 0 Å². The van der Waals surface area contributed by atoms with Crippen molar-refractivity contribution in [1.29, 1.82) is 0 Å². The molecule has 43 heavy (non-hydrogen) atoms. The molecule has 2 aliphatic rings. The summed E-state index contributed by atoms with van der Waals surface area (Å²) in [6.45, 7) is 12.3. The Kier molecular flexibility index (Phi) is 9.58. The molecule has 8 nitrogen and oxygen atoms in total. The number of aliphatic carboxylic acids is 2. The van der Waals surface area contributed by atoms with Gasteiger partial charge in [-0.1, -0.05) is 60.4 Å². The van der Waals surface area contributed by atoms with Crippen molar-refractivity contribution in [2.45, 2.75) is 80.1 Å². The Morgan fingerprint density at radius 1 is 0.628 bits per heavy atom. The van der Waals surface area contributed by atoms with E-state index in [1.807, 2.05) is 32.0 Å². The van der Waals surface area contributed by atoms with Crippen LogP contribution in [0.3, 0.4) is 0 Å². The van der Waals surface area contributed by atoms with Crippen molar-refractivity contribution < 1.29 is 40.2 Å². The van der Waals surface area contributed by atoms with Crippen LogP contribution in [0.15, 0.2) is 24.3 Å². The number of aromatic nitrogens is 4. The topological polar surface area (TPSA) is 129 Å². The largest absolute Gasteiger partial charge is 2.00 e. The quantitative estimate of drug-likeness (QED) is 0.248. The van der Waals surface area contributed by atoms with E-state index < -0.39 is 11.9 Å². The minimum Gasteiger partial charge on any atom is -0.657 e. The maximum absolute atomic E-state index is 11.5. The third kappa shape index (κ3) is 6.15. The number of fused-ring (bicyclic) bond motifs is 8. The van der Waals surface area contributed by atoms with Crippen LogP contribution in [0.4, 0.5) is 0 Å². The molecule has 0 unspecified atom stereocenters. The molecule has 3 aromatic heterocycles. The van der Waals surface area contributed by atoms with Gasteiger partial charge in [-0.3, -0.25) is 9.59 Å². The number of hydrogen-bond acceptors (Lipinski definition) is 4. The summed E-state index contributed by atoms with van der Waals surface area (Å²) in [6, 6.07) is 7.93. The molecular weight excluding hydrogens is 635 g/mol. The summed E-state index contributed by atoms with van der Waals surface area (Å²) in [6.07, 6.45) is 2.23. The van der Waals surface area contributed by atoms with E-state index in [0.717, 1.165) is 85.5 Å². The molecule has 226 valence electrons. The van der Waals surface area contributed by atoms with E-state index in [0.29, 0.717) is 24.1 Å². The average molecular weight is 671 g/mol. The normalized spacial score (nSPS) is 13.0. The van der Waals surface area contributed by atoms with Gasteiger partial charge in [-0.25, -0.2) is 9.97 Å². The van der Waals surface area contributed by atoms with Crippen molar-refractivity contribution in [3.05, 3.63) is 69.3 Å². The second-order valence-corrected chi connectivity index (χ2v) is 11.0. The van der Waals surface area contributed by atoms with Gasteiger partial charge in [0.25, 0.3) is 0 Å². The summed E-state index contributed by atoms with van der Waals surface area (Å²) in [5, 5.41) is 18.9. The number of nitrogens with zero attached hydrogens (tertiary/aromatic N) is 4. The minimum atomic E-state index is -0.878. The third-order valence-corrected chi connectivity index (χ3v) is 8.53. The Labute approximate surface area is 265 Å². The maximum atomic E-state index is 11.5. The van der Waals surface area contributed by atoms with Crippen LogP contribution in [0, 0.1) is 13.8 Å². The first-order chi connectivity index (χ1) is 20.0. The monoisotopic (exact) mass is 670 g/mol. The van der Waals surface area contributed by atoms with Gasteiger partial charge < -0.3 is 20.2 Å². The van der Waals surface area contributed by atoms with Crippen molar-refractivity contribution in [3.8, 4) is 0 Å². The third-order valence-electron chi connectivity index (χ3n) is 8.53. The molecule has 3 aromatic rings. The summed E-state index contributed by atoms with van der Waals surface area (Å²) >= 11 is 0. The fourth-order valence-corrected chi connectivity index (χ4v) is 6.06. The van der Waals surface area contributed by atoms with Crippen molar-refractivity contribution in [3.63, 3.8) is 0 Å². The van der Waals surface area contributed by atoms with E-state index in [-0.39, 0.29) is 33.3 Å². The Hall–Kier alpha value is -3.80. The molecule has 0 atom stereocenters. The average Bonchev–Trinajstić information content (AvgIpc) is 3.59. The molecule has 2 N–H and O–H groups in total. The Balaban J connectivity index is 0.00000423. The van der Waals surface area contributed by atoms with Crippen LogP contribution in [0.1, 0.15) is 98.4 Å². The standard InChI is InChI=1S/C34H38N4O4.Pd/c1-7-21-17(3)25-13-26-19(5)23(9-11-33(39)40)31(37-26)16-32-24(10-12-34(41)42)20(6)28(38-32)15-30-22(8-2)18(4)27(36-30)14-29(21)35-25;/h13-16H,7-12H2,1-6H3,(H4,35,36,37,38,39,40,41,42);/q;+2/p-2. The van der Waals surface area contributed by atoms with Crippen molar-refractivity contribution in [2.75, 3.05) is 0 Å². The predicted octanol–water partition coefficient (Wildman–Crippen LogP) is 6.90. The number of allylic oxidation sites excluding steroid dienone is 4. The molecule has 5 rings (SSSR count). The van der Waals surface area contributed by atoms with Crippen molar-refractivity contribution >= 4 is 56.3 Å². The fourth-order valence-electron chi connectivity index (χ4n) is 6.06. The first-order valence-electron chi connectivity index (χ1n) is 14.5. The second-order valence-electron chi connectivity index (χ2n) is 11.0. The molecule has 5 heterocycles. The van der Waals surface area contributed by atoms with Gasteiger partial charge >= 0.3 is 32.4 Å². The van der Waals surface area contributed by atoms with Gasteiger partial charge in [-0.15, -0.1) is 22.1 Å². The Bertz CT molecular complexity index is 1860. The number of carboxylic acids is 2. The van der Waals surface area contributed by atoms with E-state index in [4.69, 9.17) is 19.9 Å². The maximum Gasteiger partial charge on any atom is 2.00 e. The van der Waals surface area contributed by atoms with Crippen LogP contribution in [0.25, 0.3) is 44.4 Å². The molecule has 9 heteroatoms. The van der Waals surface area contributed by atoms with E-state index in [1.165, 1.54) is 5.56 Å². The van der Waals surface area contributed by atoms with Gasteiger partial charge in [-0.05, 0) is 75.7 Å². The van der Waals surface area contributed by atoms with E-state index in [1.54, 1.807) is 0 Å². The fraction of sp³-hybridized carbons (Fsp3) is 0.353. The summed E-state index contributed by atoms with van der Waals surface area (Å²) in [5.74, 6) is -1.76. The van der Waals surface area contributed by atoms with Gasteiger partial charge in [0.15, 0.2) is 0 Å². The zero-order valence-electron chi connectivity index (χ0n) is 25.4. The predicted molar refractivity (Wildman–Crippen MR) is 166 cm³/mol. The second kappa shape index (κ2) is 12.8. The molecule has 0 radical (unpaired) electrons. The van der Waals surface area contributed by atoms with Crippen LogP contribution in [0.5, 0.6) is 0 Å². The van der Waals surface area contributed by atoms with Gasteiger partial charge in [0.2, 0.25) is 0 Å². The summed E-state index contributed by atoms with van der Waals surface area (Å²) in [7, 11) is 0. The zero-order chi connectivity index (χ0) is 30.3. The Morgan fingerprint density at radius 2 is 1.07 bits per heavy atom. The molecule has 0 aliphatic carbocycles. The van der Waals surface area contributed by atoms with E-state index in [2.05, 4.69) is 33.8 Å². The molecular formula is C34H36N4O4Pd. The molecule has 0 saturated carbocycles. The zero-order valence-corrected chi connectivity index (χ0v) is 26.9. The summed E-state index contributed by atoms with van der Waals surface area (Å²) < 4.78 is 0. The number of aryl methyl sites for hydroxylation is 4. The molecule has 2 aliphatic heterocycles. The number of rotatable bonds is 8. The van der Waals surface area contributed by atoms with Crippen LogP contribution in [0.2, 0.25) is 0 Å². The van der Waals surface area contributed by atoms with E-state index >= 15 is 0 Å². The summed E-state index contributed by atoms with van der Waals surface area (Å²) in [5.41, 5.74) is 14.3. The smallest absolute Gasteiger partial charge is 0.657 e. The SMILES string of the molecule is CCC1=C(C)c2cc3[n-]c(cc4nc(cc5[n-]c(cc1n2)c(C)c5CCC(=O)O)C(CCC(=O)O)=C4C)c(C)c3CC.[Pd+2].